The van der Waals surface area contributed by atoms with Crippen LogP contribution in [0.5, 0.6) is 0 Å². The summed E-state index contributed by atoms with van der Waals surface area (Å²) in [5, 5.41) is 10.6. The van der Waals surface area contributed by atoms with Gasteiger partial charge in [0.15, 0.2) is 0 Å². The highest BCUT2D eigenvalue weighted by Gasteiger charge is 2.14. The molecule has 104 valence electrons. The summed E-state index contributed by atoms with van der Waals surface area (Å²) in [5.41, 5.74) is 1.02. The van der Waals surface area contributed by atoms with Crippen LogP contribution in [0.3, 0.4) is 0 Å². The zero-order chi connectivity index (χ0) is 14.4. The van der Waals surface area contributed by atoms with Gasteiger partial charge in [0.05, 0.1) is 18.0 Å². The zero-order valence-corrected chi connectivity index (χ0v) is 13.0. The summed E-state index contributed by atoms with van der Waals surface area (Å²) < 4.78 is 5.35. The summed E-state index contributed by atoms with van der Waals surface area (Å²) in [7, 11) is 1.37. The van der Waals surface area contributed by atoms with Gasteiger partial charge in [-0.2, -0.15) is 11.8 Å². The number of carbonyl (C=O) groups excluding carboxylic acids is 1. The number of rotatable bonds is 6. The molecule has 0 aliphatic rings. The van der Waals surface area contributed by atoms with Crippen molar-refractivity contribution < 1.29 is 14.5 Å². The normalized spacial score (nSPS) is 11.9. The van der Waals surface area contributed by atoms with E-state index in [-0.39, 0.29) is 17.6 Å². The second kappa shape index (κ2) is 7.49. The SMILES string of the molecule is COC(=O)C(C)CSCc1ccc([N+](=O)[O-])cc1Br. The van der Waals surface area contributed by atoms with E-state index in [4.69, 9.17) is 0 Å². The van der Waals surface area contributed by atoms with Crippen LogP contribution in [0, 0.1) is 16.0 Å². The molecule has 0 aliphatic carbocycles. The quantitative estimate of drug-likeness (QED) is 0.448. The third-order valence-corrected chi connectivity index (χ3v) is 4.47. The monoisotopic (exact) mass is 347 g/mol. The fourth-order valence-electron chi connectivity index (χ4n) is 1.38. The fourth-order valence-corrected chi connectivity index (χ4v) is 3.15. The summed E-state index contributed by atoms with van der Waals surface area (Å²) in [5.74, 6) is 0.942. The van der Waals surface area contributed by atoms with Crippen LogP contribution in [0.15, 0.2) is 22.7 Å². The van der Waals surface area contributed by atoms with Crippen LogP contribution in [-0.4, -0.2) is 23.8 Å². The van der Waals surface area contributed by atoms with Crippen LogP contribution in [0.4, 0.5) is 5.69 Å². The number of non-ortho nitro benzene ring substituents is 1. The Balaban J connectivity index is 2.54. The maximum absolute atomic E-state index is 11.2. The van der Waals surface area contributed by atoms with E-state index in [9.17, 15) is 14.9 Å². The minimum atomic E-state index is -0.430. The van der Waals surface area contributed by atoms with Gasteiger partial charge in [-0.25, -0.2) is 0 Å². The second-order valence-electron chi connectivity index (χ2n) is 3.97. The molecule has 1 rings (SSSR count). The lowest BCUT2D eigenvalue weighted by atomic mass is 10.2. The number of benzene rings is 1. The number of ether oxygens (including phenoxy) is 1. The van der Waals surface area contributed by atoms with E-state index < -0.39 is 4.92 Å². The number of methoxy groups -OCH3 is 1. The van der Waals surface area contributed by atoms with Crippen LogP contribution in [0.25, 0.3) is 0 Å². The molecule has 0 fully saturated rings. The van der Waals surface area contributed by atoms with E-state index >= 15 is 0 Å². The predicted octanol–water partition coefficient (Wildman–Crippen LogP) is 3.40. The van der Waals surface area contributed by atoms with Gasteiger partial charge < -0.3 is 4.74 Å². The largest absolute Gasteiger partial charge is 0.469 e. The third kappa shape index (κ3) is 4.83. The first-order valence-corrected chi connectivity index (χ1v) is 7.49. The lowest BCUT2D eigenvalue weighted by Crippen LogP contribution is -2.14. The smallest absolute Gasteiger partial charge is 0.309 e. The molecule has 0 amide bonds. The van der Waals surface area contributed by atoms with Crippen molar-refractivity contribution in [2.24, 2.45) is 5.92 Å². The van der Waals surface area contributed by atoms with Gasteiger partial charge in [0, 0.05) is 28.1 Å². The summed E-state index contributed by atoms with van der Waals surface area (Å²) >= 11 is 4.90. The molecular weight excluding hydrogens is 334 g/mol. The fraction of sp³-hybridized carbons (Fsp3) is 0.417. The maximum Gasteiger partial charge on any atom is 0.309 e. The molecule has 5 nitrogen and oxygen atoms in total. The molecule has 0 aromatic heterocycles. The van der Waals surface area contributed by atoms with Crippen molar-refractivity contribution in [3.63, 3.8) is 0 Å². The van der Waals surface area contributed by atoms with E-state index in [0.717, 1.165) is 5.56 Å². The van der Waals surface area contributed by atoms with E-state index in [1.165, 1.54) is 19.2 Å². The van der Waals surface area contributed by atoms with Gasteiger partial charge >= 0.3 is 5.97 Å². The average Bonchev–Trinajstić information content (AvgIpc) is 2.39. The van der Waals surface area contributed by atoms with Crippen LogP contribution < -0.4 is 0 Å². The Morgan fingerprint density at radius 2 is 2.26 bits per heavy atom. The van der Waals surface area contributed by atoms with Gasteiger partial charge in [0.25, 0.3) is 5.69 Å². The lowest BCUT2D eigenvalue weighted by Gasteiger charge is -2.09. The molecule has 1 aromatic carbocycles. The third-order valence-electron chi connectivity index (χ3n) is 2.48. The lowest BCUT2D eigenvalue weighted by molar-refractivity contribution is -0.384. The van der Waals surface area contributed by atoms with E-state index in [1.807, 2.05) is 6.92 Å². The van der Waals surface area contributed by atoms with Crippen molar-refractivity contribution in [3.05, 3.63) is 38.3 Å². The molecule has 0 radical (unpaired) electrons. The molecule has 0 saturated carbocycles. The van der Waals surface area contributed by atoms with Gasteiger partial charge in [-0.1, -0.05) is 28.9 Å². The Bertz CT molecular complexity index is 481. The second-order valence-corrected chi connectivity index (χ2v) is 5.86. The molecule has 0 saturated heterocycles. The summed E-state index contributed by atoms with van der Waals surface area (Å²) in [6.07, 6.45) is 0. The van der Waals surface area contributed by atoms with Gasteiger partial charge in [-0.3, -0.25) is 14.9 Å². The number of esters is 1. The number of thioether (sulfide) groups is 1. The number of hydrogen-bond donors (Lipinski definition) is 0. The Kier molecular flexibility index (Phi) is 6.30. The first kappa shape index (κ1) is 16.0. The maximum atomic E-state index is 11.2. The number of nitrogens with zero attached hydrogens (tertiary/aromatic N) is 1. The Hall–Kier alpha value is -1.08. The van der Waals surface area contributed by atoms with Gasteiger partial charge in [0.1, 0.15) is 0 Å². The molecule has 0 N–H and O–H groups in total. The molecule has 0 bridgehead atoms. The van der Waals surface area contributed by atoms with Crippen molar-refractivity contribution in [1.29, 1.82) is 0 Å². The van der Waals surface area contributed by atoms with E-state index in [2.05, 4.69) is 20.7 Å². The highest BCUT2D eigenvalue weighted by Crippen LogP contribution is 2.27. The number of hydrogen-bond acceptors (Lipinski definition) is 5. The molecule has 1 unspecified atom stereocenters. The number of halogens is 1. The predicted molar refractivity (Wildman–Crippen MR) is 78.1 cm³/mol. The van der Waals surface area contributed by atoms with Crippen LogP contribution >= 0.6 is 27.7 Å². The van der Waals surface area contributed by atoms with Crippen molar-refractivity contribution in [3.8, 4) is 0 Å². The molecule has 1 atom stereocenters. The molecule has 1 aromatic rings. The summed E-state index contributed by atoms with van der Waals surface area (Å²) in [6, 6.07) is 4.68. The van der Waals surface area contributed by atoms with Crippen LogP contribution in [0.2, 0.25) is 0 Å². The molecule has 7 heteroatoms. The Morgan fingerprint density at radius 1 is 1.58 bits per heavy atom. The van der Waals surface area contributed by atoms with Crippen molar-refractivity contribution >= 4 is 39.3 Å². The van der Waals surface area contributed by atoms with Crippen LogP contribution in [-0.2, 0) is 15.3 Å². The number of nitro benzene ring substituents is 1. The van der Waals surface area contributed by atoms with Gasteiger partial charge in [-0.15, -0.1) is 0 Å². The average molecular weight is 348 g/mol. The topological polar surface area (TPSA) is 69.4 Å². The van der Waals surface area contributed by atoms with Crippen molar-refractivity contribution in [2.45, 2.75) is 12.7 Å². The molecular formula is C12H14BrNO4S. The number of carbonyl (C=O) groups is 1. The Labute approximate surface area is 124 Å². The molecule has 0 aliphatic heterocycles. The summed E-state index contributed by atoms with van der Waals surface area (Å²) in [4.78, 5) is 21.4. The Morgan fingerprint density at radius 3 is 2.79 bits per heavy atom. The van der Waals surface area contributed by atoms with E-state index in [0.29, 0.717) is 16.0 Å². The van der Waals surface area contributed by atoms with E-state index in [1.54, 1.807) is 17.8 Å². The zero-order valence-electron chi connectivity index (χ0n) is 10.6. The van der Waals surface area contributed by atoms with Crippen molar-refractivity contribution in [2.75, 3.05) is 12.9 Å². The highest BCUT2D eigenvalue weighted by molar-refractivity contribution is 9.10. The summed E-state index contributed by atoms with van der Waals surface area (Å²) in [6.45, 7) is 1.81. The minimum Gasteiger partial charge on any atom is -0.469 e. The standard InChI is InChI=1S/C12H14BrNO4S/c1-8(12(15)18-2)6-19-7-9-3-4-10(14(16)17)5-11(9)13/h3-5,8H,6-7H2,1-2H3. The van der Waals surface area contributed by atoms with Gasteiger partial charge in [-0.05, 0) is 5.56 Å². The number of nitro groups is 1. The van der Waals surface area contributed by atoms with Crippen molar-refractivity contribution in [1.82, 2.24) is 0 Å². The first-order chi connectivity index (χ1) is 8.95. The minimum absolute atomic E-state index is 0.0588. The molecule has 19 heavy (non-hydrogen) atoms. The molecule has 0 heterocycles. The first-order valence-electron chi connectivity index (χ1n) is 5.54. The van der Waals surface area contributed by atoms with Crippen LogP contribution in [0.1, 0.15) is 12.5 Å². The highest BCUT2D eigenvalue weighted by atomic mass is 79.9. The van der Waals surface area contributed by atoms with Gasteiger partial charge in [0.2, 0.25) is 0 Å². The molecule has 0 spiro atoms.